The van der Waals surface area contributed by atoms with Crippen molar-refractivity contribution in [3.05, 3.63) is 60.8 Å². The van der Waals surface area contributed by atoms with Crippen LogP contribution in [0.4, 0.5) is 0 Å². The van der Waals surface area contributed by atoms with Crippen molar-refractivity contribution >= 4 is 17.9 Å². The van der Waals surface area contributed by atoms with E-state index in [-0.39, 0.29) is 31.1 Å². The zero-order valence-electron chi connectivity index (χ0n) is 46.5. The number of ether oxygens (including phenoxy) is 3. The third-order valence-corrected chi connectivity index (χ3v) is 13.3. The average Bonchev–Trinajstić information content (AvgIpc) is 3.36. The molecule has 0 saturated heterocycles. The van der Waals surface area contributed by atoms with Crippen molar-refractivity contribution in [1.29, 1.82) is 0 Å². The second-order valence-electron chi connectivity index (χ2n) is 20.2. The number of carbonyl (C=O) groups is 3. The second-order valence-corrected chi connectivity index (χ2v) is 20.2. The van der Waals surface area contributed by atoms with Crippen LogP contribution >= 0.6 is 0 Å². The second kappa shape index (κ2) is 58.7. The Morgan fingerprint density at radius 1 is 0.300 bits per heavy atom. The summed E-state index contributed by atoms with van der Waals surface area (Å²) in [6, 6.07) is 0. The molecule has 406 valence electrons. The van der Waals surface area contributed by atoms with Crippen LogP contribution in [0.15, 0.2) is 60.8 Å². The van der Waals surface area contributed by atoms with E-state index in [0.29, 0.717) is 19.3 Å². The van der Waals surface area contributed by atoms with Crippen LogP contribution in [-0.2, 0) is 28.6 Å². The molecule has 1 unspecified atom stereocenters. The van der Waals surface area contributed by atoms with Gasteiger partial charge in [0.2, 0.25) is 0 Å². The lowest BCUT2D eigenvalue weighted by atomic mass is 10.0. The Balaban J connectivity index is 4.35. The van der Waals surface area contributed by atoms with Gasteiger partial charge in [0.05, 0.1) is 0 Å². The molecular weight excluding hydrogens is 865 g/mol. The predicted molar refractivity (Wildman–Crippen MR) is 302 cm³/mol. The molecule has 0 aromatic rings. The van der Waals surface area contributed by atoms with Gasteiger partial charge in [0.15, 0.2) is 6.10 Å². The van der Waals surface area contributed by atoms with Gasteiger partial charge in [-0.25, -0.2) is 0 Å². The van der Waals surface area contributed by atoms with E-state index in [2.05, 4.69) is 81.5 Å². The van der Waals surface area contributed by atoms with Gasteiger partial charge in [0.1, 0.15) is 13.2 Å². The SMILES string of the molecule is CC/C=C\C/C=C\C/C=C\C/C=C\CCCCCCCCCCC(=O)OCC(COC(=O)CCCCCCCCCCCCCCCC)OC(=O)CCCCCCCCC/C=C\CCCCCCCC. The van der Waals surface area contributed by atoms with E-state index in [4.69, 9.17) is 14.2 Å². The molecule has 0 fully saturated rings. The van der Waals surface area contributed by atoms with E-state index in [1.807, 2.05) is 0 Å². The van der Waals surface area contributed by atoms with Crippen molar-refractivity contribution < 1.29 is 28.6 Å². The summed E-state index contributed by atoms with van der Waals surface area (Å²) >= 11 is 0. The topological polar surface area (TPSA) is 78.9 Å². The van der Waals surface area contributed by atoms with Gasteiger partial charge in [-0.3, -0.25) is 14.4 Å². The van der Waals surface area contributed by atoms with Gasteiger partial charge in [0.25, 0.3) is 0 Å². The van der Waals surface area contributed by atoms with Crippen molar-refractivity contribution in [2.24, 2.45) is 0 Å². The number of rotatable bonds is 55. The van der Waals surface area contributed by atoms with Crippen LogP contribution in [0.3, 0.4) is 0 Å². The lowest BCUT2D eigenvalue weighted by molar-refractivity contribution is -0.167. The molecule has 70 heavy (non-hydrogen) atoms. The van der Waals surface area contributed by atoms with Crippen LogP contribution in [-0.4, -0.2) is 37.2 Å². The summed E-state index contributed by atoms with van der Waals surface area (Å²) in [7, 11) is 0. The number of unbranched alkanes of at least 4 members (excludes halogenated alkanes) is 34. The summed E-state index contributed by atoms with van der Waals surface area (Å²) in [6.07, 6.45) is 73.5. The molecule has 0 bridgehead atoms. The normalized spacial score (nSPS) is 12.4. The van der Waals surface area contributed by atoms with Gasteiger partial charge in [-0.1, -0.05) is 268 Å². The Kier molecular flexibility index (Phi) is 56.3. The van der Waals surface area contributed by atoms with Crippen molar-refractivity contribution in [1.82, 2.24) is 0 Å². The lowest BCUT2D eigenvalue weighted by Crippen LogP contribution is -2.30. The van der Waals surface area contributed by atoms with Gasteiger partial charge in [-0.15, -0.1) is 0 Å². The minimum atomic E-state index is -0.778. The van der Waals surface area contributed by atoms with E-state index < -0.39 is 6.10 Å². The van der Waals surface area contributed by atoms with E-state index in [9.17, 15) is 14.4 Å². The molecular formula is C64H114O6. The first-order valence-electron chi connectivity index (χ1n) is 30.3. The molecule has 0 aromatic carbocycles. The highest BCUT2D eigenvalue weighted by molar-refractivity contribution is 5.71. The van der Waals surface area contributed by atoms with Gasteiger partial charge in [0, 0.05) is 19.3 Å². The van der Waals surface area contributed by atoms with Crippen LogP contribution < -0.4 is 0 Å². The summed E-state index contributed by atoms with van der Waals surface area (Å²) in [5.41, 5.74) is 0. The molecule has 6 heteroatoms. The van der Waals surface area contributed by atoms with E-state index >= 15 is 0 Å². The highest BCUT2D eigenvalue weighted by Crippen LogP contribution is 2.16. The van der Waals surface area contributed by atoms with Crippen molar-refractivity contribution in [3.63, 3.8) is 0 Å². The van der Waals surface area contributed by atoms with Gasteiger partial charge in [-0.05, 0) is 83.5 Å². The fraction of sp³-hybridized carbons (Fsp3) is 0.797. The maximum absolute atomic E-state index is 12.9. The van der Waals surface area contributed by atoms with Crippen LogP contribution in [0, 0.1) is 0 Å². The van der Waals surface area contributed by atoms with Crippen molar-refractivity contribution in [3.8, 4) is 0 Å². The first kappa shape index (κ1) is 67.1. The maximum Gasteiger partial charge on any atom is 0.306 e. The van der Waals surface area contributed by atoms with Crippen LogP contribution in [0.1, 0.15) is 310 Å². The lowest BCUT2D eigenvalue weighted by Gasteiger charge is -2.18. The van der Waals surface area contributed by atoms with Crippen LogP contribution in [0.5, 0.6) is 0 Å². The molecule has 0 aromatic heterocycles. The first-order valence-corrected chi connectivity index (χ1v) is 30.3. The molecule has 0 aliphatic rings. The zero-order chi connectivity index (χ0) is 50.7. The highest BCUT2D eigenvalue weighted by Gasteiger charge is 2.19. The predicted octanol–water partition coefficient (Wildman–Crippen LogP) is 20.4. The molecule has 0 saturated carbocycles. The molecule has 0 amide bonds. The summed E-state index contributed by atoms with van der Waals surface area (Å²) < 4.78 is 16.9. The number of hydrogen-bond acceptors (Lipinski definition) is 6. The molecule has 0 radical (unpaired) electrons. The molecule has 1 atom stereocenters. The Morgan fingerprint density at radius 2 is 0.557 bits per heavy atom. The fourth-order valence-electron chi connectivity index (χ4n) is 8.72. The van der Waals surface area contributed by atoms with E-state index in [1.54, 1.807) is 0 Å². The summed E-state index contributed by atoms with van der Waals surface area (Å²) in [6.45, 7) is 6.55. The Morgan fingerprint density at radius 3 is 0.886 bits per heavy atom. The van der Waals surface area contributed by atoms with Crippen molar-refractivity contribution in [2.75, 3.05) is 13.2 Å². The molecule has 0 aliphatic carbocycles. The molecule has 0 N–H and O–H groups in total. The van der Waals surface area contributed by atoms with Crippen LogP contribution in [0.2, 0.25) is 0 Å². The maximum atomic E-state index is 12.9. The fourth-order valence-corrected chi connectivity index (χ4v) is 8.72. The monoisotopic (exact) mass is 979 g/mol. The minimum Gasteiger partial charge on any atom is -0.462 e. The third-order valence-electron chi connectivity index (χ3n) is 13.3. The van der Waals surface area contributed by atoms with Gasteiger partial charge < -0.3 is 14.2 Å². The molecule has 0 rings (SSSR count). The van der Waals surface area contributed by atoms with E-state index in [1.165, 1.54) is 180 Å². The van der Waals surface area contributed by atoms with Gasteiger partial charge >= 0.3 is 17.9 Å². The van der Waals surface area contributed by atoms with Crippen molar-refractivity contribution in [2.45, 2.75) is 316 Å². The molecule has 0 aliphatic heterocycles. The number of allylic oxidation sites excluding steroid dienone is 10. The average molecular weight is 980 g/mol. The number of esters is 3. The Labute approximate surface area is 434 Å². The zero-order valence-corrected chi connectivity index (χ0v) is 46.5. The quantitative estimate of drug-likeness (QED) is 0.0261. The smallest absolute Gasteiger partial charge is 0.306 e. The third kappa shape index (κ3) is 56.0. The number of hydrogen-bond donors (Lipinski definition) is 0. The first-order chi connectivity index (χ1) is 34.5. The van der Waals surface area contributed by atoms with Gasteiger partial charge in [-0.2, -0.15) is 0 Å². The molecule has 6 nitrogen and oxygen atoms in total. The largest absolute Gasteiger partial charge is 0.462 e. The summed E-state index contributed by atoms with van der Waals surface area (Å²) in [5, 5.41) is 0. The Bertz CT molecular complexity index is 1260. The van der Waals surface area contributed by atoms with Crippen LogP contribution in [0.25, 0.3) is 0 Å². The highest BCUT2D eigenvalue weighted by atomic mass is 16.6. The standard InChI is InChI=1S/C64H114O6/c1-4-7-10-13-16-19-22-25-28-30-31-32-33-35-36-39-42-45-48-51-54-57-63(66)69-60-61(59-68-62(65)56-53-50-47-44-41-38-27-24-21-18-15-12-9-6-3)70-64(67)58-55-52-49-46-43-40-37-34-29-26-23-20-17-14-11-8-5-2/h7,10,16,19,25-26,28-29,31-32,61H,4-6,8-9,11-15,17-18,20-24,27,30,33-60H2,1-3H3/b10-7-,19-16-,28-25-,29-26-,32-31-. The van der Waals surface area contributed by atoms with E-state index in [0.717, 1.165) is 89.9 Å². The Hall–Kier alpha value is -2.89. The summed E-state index contributed by atoms with van der Waals surface area (Å²) in [5.74, 6) is -0.872. The summed E-state index contributed by atoms with van der Waals surface area (Å²) in [4.78, 5) is 38.2. The minimum absolute atomic E-state index is 0.0753. The molecule has 0 heterocycles. The number of carbonyl (C=O) groups excluding carboxylic acids is 3. The molecule has 0 spiro atoms.